The molecule has 4 rings (SSSR count). The summed E-state index contributed by atoms with van der Waals surface area (Å²) in [4.78, 5) is 25.5. The van der Waals surface area contributed by atoms with Crippen molar-refractivity contribution in [1.82, 2.24) is 24.7 Å². The van der Waals surface area contributed by atoms with Crippen LogP contribution in [0.5, 0.6) is 0 Å². The first kappa shape index (κ1) is 19.3. The molecular formula is C22H21N7O. The van der Waals surface area contributed by atoms with Crippen molar-refractivity contribution in [3.8, 4) is 22.5 Å². The summed E-state index contributed by atoms with van der Waals surface area (Å²) in [5, 5.41) is 7.80. The van der Waals surface area contributed by atoms with E-state index >= 15 is 0 Å². The topological polar surface area (TPSA) is 112 Å². The van der Waals surface area contributed by atoms with E-state index in [4.69, 9.17) is 5.73 Å². The highest BCUT2D eigenvalue weighted by Crippen LogP contribution is 2.36. The van der Waals surface area contributed by atoms with Gasteiger partial charge in [0, 0.05) is 17.8 Å². The minimum atomic E-state index is -0.175. The second kappa shape index (κ2) is 8.12. The molecular weight excluding hydrogens is 378 g/mol. The molecule has 8 nitrogen and oxygen atoms in total. The molecule has 8 heteroatoms. The van der Waals surface area contributed by atoms with E-state index in [9.17, 15) is 4.79 Å². The number of rotatable bonds is 5. The fourth-order valence-corrected chi connectivity index (χ4v) is 3.10. The van der Waals surface area contributed by atoms with E-state index in [1.165, 1.54) is 10.7 Å². The van der Waals surface area contributed by atoms with Crippen molar-refractivity contribution in [1.29, 1.82) is 0 Å². The average molecular weight is 399 g/mol. The predicted octanol–water partition coefficient (Wildman–Crippen LogP) is 3.67. The molecule has 0 atom stereocenters. The number of nitrogens with two attached hydrogens (primary N) is 1. The monoisotopic (exact) mass is 399 g/mol. The van der Waals surface area contributed by atoms with Crippen molar-refractivity contribution in [3.05, 3.63) is 77.2 Å². The Morgan fingerprint density at radius 3 is 2.43 bits per heavy atom. The first-order chi connectivity index (χ1) is 14.5. The van der Waals surface area contributed by atoms with E-state index in [0.717, 1.165) is 5.56 Å². The lowest BCUT2D eigenvalue weighted by Crippen LogP contribution is -2.24. The van der Waals surface area contributed by atoms with Crippen LogP contribution in [0, 0.1) is 0 Å². The molecule has 3 aromatic heterocycles. The lowest BCUT2D eigenvalue weighted by atomic mass is 10.0. The van der Waals surface area contributed by atoms with E-state index < -0.39 is 0 Å². The van der Waals surface area contributed by atoms with Gasteiger partial charge in [-0.3, -0.25) is 4.79 Å². The van der Waals surface area contributed by atoms with Crippen LogP contribution in [-0.2, 0) is 0 Å². The molecule has 0 aliphatic rings. The van der Waals surface area contributed by atoms with Crippen LogP contribution in [0.25, 0.3) is 22.5 Å². The first-order valence-electron chi connectivity index (χ1n) is 9.54. The maximum absolute atomic E-state index is 12.3. The van der Waals surface area contributed by atoms with Gasteiger partial charge in [0.2, 0.25) is 5.95 Å². The minimum Gasteiger partial charge on any atom is -0.368 e. The van der Waals surface area contributed by atoms with E-state index in [1.54, 1.807) is 12.3 Å². The molecule has 0 spiro atoms. The van der Waals surface area contributed by atoms with Crippen LogP contribution in [-0.4, -0.2) is 24.7 Å². The normalized spacial score (nSPS) is 10.9. The van der Waals surface area contributed by atoms with Crippen LogP contribution < -0.4 is 16.6 Å². The summed E-state index contributed by atoms with van der Waals surface area (Å²) < 4.78 is 1.44. The summed E-state index contributed by atoms with van der Waals surface area (Å²) >= 11 is 0. The summed E-state index contributed by atoms with van der Waals surface area (Å²) in [5.41, 5.74) is 8.53. The van der Waals surface area contributed by atoms with Gasteiger partial charge < -0.3 is 11.1 Å². The van der Waals surface area contributed by atoms with Gasteiger partial charge in [0.15, 0.2) is 0 Å². The molecule has 1 aromatic carbocycles. The first-order valence-corrected chi connectivity index (χ1v) is 9.54. The summed E-state index contributed by atoms with van der Waals surface area (Å²) in [6, 6.07) is 18.2. The number of nitrogen functional groups attached to an aromatic ring is 1. The zero-order chi connectivity index (χ0) is 21.1. The molecule has 0 aliphatic heterocycles. The van der Waals surface area contributed by atoms with Crippen molar-refractivity contribution in [3.63, 3.8) is 0 Å². The average Bonchev–Trinajstić information content (AvgIpc) is 2.75. The largest absolute Gasteiger partial charge is 0.368 e. The zero-order valence-electron chi connectivity index (χ0n) is 16.6. The van der Waals surface area contributed by atoms with Gasteiger partial charge in [-0.1, -0.05) is 36.4 Å². The Bertz CT molecular complexity index is 1220. The number of nitrogens with one attached hydrogen (secondary N) is 1. The Kier molecular flexibility index (Phi) is 5.21. The summed E-state index contributed by atoms with van der Waals surface area (Å²) in [6.45, 7) is 3.81. The predicted molar refractivity (Wildman–Crippen MR) is 117 cm³/mol. The fourth-order valence-electron chi connectivity index (χ4n) is 3.10. The van der Waals surface area contributed by atoms with Gasteiger partial charge >= 0.3 is 0 Å². The Hall–Kier alpha value is -4.07. The minimum absolute atomic E-state index is 0.0977. The number of aromatic nitrogens is 5. The van der Waals surface area contributed by atoms with E-state index in [-0.39, 0.29) is 17.5 Å². The molecule has 0 radical (unpaired) electrons. The van der Waals surface area contributed by atoms with Gasteiger partial charge in [-0.2, -0.15) is 10.1 Å². The maximum Gasteiger partial charge on any atom is 0.267 e. The van der Waals surface area contributed by atoms with E-state index in [0.29, 0.717) is 28.6 Å². The van der Waals surface area contributed by atoms with Gasteiger partial charge in [-0.25, -0.2) is 14.6 Å². The third-order valence-corrected chi connectivity index (χ3v) is 4.46. The number of pyridine rings is 1. The summed E-state index contributed by atoms with van der Waals surface area (Å²) in [5.74, 6) is 1.18. The van der Waals surface area contributed by atoms with Gasteiger partial charge in [-0.05, 0) is 32.0 Å². The molecule has 0 bridgehead atoms. The van der Waals surface area contributed by atoms with Crippen LogP contribution in [0.3, 0.4) is 0 Å². The molecule has 0 unspecified atom stereocenters. The van der Waals surface area contributed by atoms with Crippen LogP contribution in [0.1, 0.15) is 19.9 Å². The van der Waals surface area contributed by atoms with Gasteiger partial charge in [0.25, 0.3) is 5.56 Å². The zero-order valence-corrected chi connectivity index (χ0v) is 16.6. The highest BCUT2D eigenvalue weighted by Gasteiger charge is 2.20. The Balaban J connectivity index is 1.98. The summed E-state index contributed by atoms with van der Waals surface area (Å²) in [7, 11) is 0. The molecule has 150 valence electrons. The third-order valence-electron chi connectivity index (χ3n) is 4.46. The van der Waals surface area contributed by atoms with Gasteiger partial charge in [-0.15, -0.1) is 0 Å². The number of nitrogens with zero attached hydrogens (tertiary/aromatic N) is 5. The van der Waals surface area contributed by atoms with Crippen molar-refractivity contribution < 1.29 is 0 Å². The molecule has 0 amide bonds. The molecule has 0 aliphatic carbocycles. The van der Waals surface area contributed by atoms with Crippen molar-refractivity contribution >= 4 is 17.6 Å². The molecule has 3 N–H and O–H groups in total. The SMILES string of the molecule is CC(C)n1nc(-c2c(Nc3ccccn3)nc(N)nc2-c2ccccc2)ccc1=O. The van der Waals surface area contributed by atoms with Crippen LogP contribution in [0.15, 0.2) is 71.7 Å². The smallest absolute Gasteiger partial charge is 0.267 e. The van der Waals surface area contributed by atoms with Gasteiger partial charge in [0.05, 0.1) is 23.0 Å². The Morgan fingerprint density at radius 2 is 1.73 bits per heavy atom. The van der Waals surface area contributed by atoms with Crippen molar-refractivity contribution in [2.24, 2.45) is 0 Å². The molecule has 0 saturated carbocycles. The highest BCUT2D eigenvalue weighted by atomic mass is 16.1. The Labute approximate surface area is 173 Å². The quantitative estimate of drug-likeness (QED) is 0.526. The highest BCUT2D eigenvalue weighted by molar-refractivity contribution is 5.88. The molecule has 0 saturated heterocycles. The number of hydrogen-bond acceptors (Lipinski definition) is 7. The molecule has 3 heterocycles. The van der Waals surface area contributed by atoms with E-state index in [1.807, 2.05) is 62.4 Å². The number of hydrogen-bond donors (Lipinski definition) is 2. The maximum atomic E-state index is 12.3. The number of benzene rings is 1. The van der Waals surface area contributed by atoms with E-state index in [2.05, 4.69) is 25.4 Å². The standard InChI is InChI=1S/C22H21N7O/c1-14(2)29-18(30)12-11-16(28-29)19-20(15-8-4-3-5-9-15)26-22(23)27-21(19)25-17-10-6-7-13-24-17/h3-14H,1-2H3,(H3,23,24,25,26,27). The lowest BCUT2D eigenvalue weighted by Gasteiger charge is -2.16. The van der Waals surface area contributed by atoms with Crippen molar-refractivity contribution in [2.45, 2.75) is 19.9 Å². The van der Waals surface area contributed by atoms with Crippen LogP contribution in [0.2, 0.25) is 0 Å². The van der Waals surface area contributed by atoms with Crippen molar-refractivity contribution in [2.75, 3.05) is 11.1 Å². The van der Waals surface area contributed by atoms with Crippen LogP contribution in [0.4, 0.5) is 17.6 Å². The molecule has 0 fully saturated rings. The molecule has 4 aromatic rings. The van der Waals surface area contributed by atoms with Crippen LogP contribution >= 0.6 is 0 Å². The summed E-state index contributed by atoms with van der Waals surface area (Å²) in [6.07, 6.45) is 1.68. The third kappa shape index (κ3) is 3.88. The Morgan fingerprint density at radius 1 is 0.967 bits per heavy atom. The second-order valence-electron chi connectivity index (χ2n) is 6.96. The number of anilines is 3. The second-order valence-corrected chi connectivity index (χ2v) is 6.96. The molecule has 30 heavy (non-hydrogen) atoms. The lowest BCUT2D eigenvalue weighted by molar-refractivity contribution is 0.505. The fraction of sp³-hybridized carbons (Fsp3) is 0.136. The van der Waals surface area contributed by atoms with Gasteiger partial charge in [0.1, 0.15) is 11.6 Å².